The molecule has 19 heavy (non-hydrogen) atoms. The van der Waals surface area contributed by atoms with Gasteiger partial charge in [-0.15, -0.1) is 0 Å². The number of carbonyl (C=O) groups is 1. The van der Waals surface area contributed by atoms with Gasteiger partial charge in [-0.25, -0.2) is 0 Å². The van der Waals surface area contributed by atoms with E-state index in [0.717, 1.165) is 42.8 Å². The fraction of sp³-hybridized carbons (Fsp3) is 0.533. The molecule has 2 rings (SSSR count). The first kappa shape index (κ1) is 13.9. The average molecular weight is 263 g/mol. The first-order valence-corrected chi connectivity index (χ1v) is 6.71. The Balaban J connectivity index is 1.94. The molecular weight excluding hydrogens is 242 g/mol. The minimum Gasteiger partial charge on any atom is -0.496 e. The van der Waals surface area contributed by atoms with E-state index < -0.39 is 0 Å². The number of piperidine rings is 1. The molecule has 0 bridgehead atoms. The van der Waals surface area contributed by atoms with Crippen molar-refractivity contribution in [2.45, 2.75) is 26.4 Å². The lowest BCUT2D eigenvalue weighted by molar-refractivity contribution is -0.150. The molecule has 1 aromatic rings. The van der Waals surface area contributed by atoms with Gasteiger partial charge in [-0.1, -0.05) is 11.6 Å². The van der Waals surface area contributed by atoms with Gasteiger partial charge in [0.1, 0.15) is 12.4 Å². The first-order chi connectivity index (χ1) is 9.20. The van der Waals surface area contributed by atoms with Crippen LogP contribution in [0.25, 0.3) is 0 Å². The highest BCUT2D eigenvalue weighted by Gasteiger charge is 2.22. The van der Waals surface area contributed by atoms with Crippen LogP contribution in [0.2, 0.25) is 0 Å². The molecule has 0 spiro atoms. The summed E-state index contributed by atoms with van der Waals surface area (Å²) < 4.78 is 10.7. The molecule has 1 saturated heterocycles. The summed E-state index contributed by atoms with van der Waals surface area (Å²) in [7, 11) is 1.63. The standard InChI is InChI=1S/C15H21NO3/c1-11-5-6-14(18-2)13(8-11)10-19-15(17)12-4-3-7-16-9-12/h5-6,8,12,16H,3-4,7,9-10H2,1-2H3. The molecule has 0 amide bonds. The van der Waals surface area contributed by atoms with E-state index in [-0.39, 0.29) is 18.5 Å². The maximum atomic E-state index is 12.0. The minimum absolute atomic E-state index is 0.00967. The Morgan fingerprint density at radius 1 is 1.47 bits per heavy atom. The summed E-state index contributed by atoms with van der Waals surface area (Å²) in [6.45, 7) is 4.01. The van der Waals surface area contributed by atoms with Crippen LogP contribution < -0.4 is 10.1 Å². The van der Waals surface area contributed by atoms with E-state index in [4.69, 9.17) is 9.47 Å². The van der Waals surface area contributed by atoms with Crippen molar-refractivity contribution >= 4 is 5.97 Å². The van der Waals surface area contributed by atoms with E-state index in [1.165, 1.54) is 0 Å². The predicted octanol–water partition coefficient (Wildman–Crippen LogP) is 2.05. The van der Waals surface area contributed by atoms with Gasteiger partial charge in [0.15, 0.2) is 0 Å². The van der Waals surface area contributed by atoms with Crippen LogP contribution in [-0.2, 0) is 16.1 Å². The van der Waals surface area contributed by atoms with E-state index in [1.54, 1.807) is 7.11 Å². The second kappa shape index (κ2) is 6.57. The monoisotopic (exact) mass is 263 g/mol. The predicted molar refractivity (Wildman–Crippen MR) is 73.1 cm³/mol. The SMILES string of the molecule is COc1ccc(C)cc1COC(=O)C1CCCNC1. The zero-order valence-corrected chi connectivity index (χ0v) is 11.6. The summed E-state index contributed by atoms with van der Waals surface area (Å²) in [5.41, 5.74) is 2.05. The molecular formula is C15H21NO3. The number of hydrogen-bond donors (Lipinski definition) is 1. The van der Waals surface area contributed by atoms with Crippen LogP contribution in [0.5, 0.6) is 5.75 Å². The fourth-order valence-electron chi connectivity index (χ4n) is 2.34. The number of methoxy groups -OCH3 is 1. The molecule has 1 N–H and O–H groups in total. The van der Waals surface area contributed by atoms with Gasteiger partial charge in [-0.05, 0) is 38.4 Å². The van der Waals surface area contributed by atoms with Crippen molar-refractivity contribution in [1.82, 2.24) is 5.32 Å². The number of aryl methyl sites for hydroxylation is 1. The molecule has 1 aromatic carbocycles. The molecule has 1 atom stereocenters. The third kappa shape index (κ3) is 3.70. The van der Waals surface area contributed by atoms with Crippen LogP contribution in [0.15, 0.2) is 18.2 Å². The molecule has 1 unspecified atom stereocenters. The number of ether oxygens (including phenoxy) is 2. The topological polar surface area (TPSA) is 47.6 Å². The number of hydrogen-bond acceptors (Lipinski definition) is 4. The van der Waals surface area contributed by atoms with Crippen LogP contribution in [-0.4, -0.2) is 26.2 Å². The van der Waals surface area contributed by atoms with Crippen LogP contribution in [0.1, 0.15) is 24.0 Å². The van der Waals surface area contributed by atoms with Crippen molar-refractivity contribution in [2.75, 3.05) is 20.2 Å². The molecule has 104 valence electrons. The fourth-order valence-corrected chi connectivity index (χ4v) is 2.34. The van der Waals surface area contributed by atoms with E-state index >= 15 is 0 Å². The lowest BCUT2D eigenvalue weighted by Gasteiger charge is -2.21. The van der Waals surface area contributed by atoms with Crippen molar-refractivity contribution in [3.63, 3.8) is 0 Å². The Morgan fingerprint density at radius 2 is 2.32 bits per heavy atom. The highest BCUT2D eigenvalue weighted by molar-refractivity contribution is 5.72. The van der Waals surface area contributed by atoms with Gasteiger partial charge < -0.3 is 14.8 Å². The number of nitrogens with one attached hydrogen (secondary N) is 1. The van der Waals surface area contributed by atoms with Crippen molar-refractivity contribution < 1.29 is 14.3 Å². The van der Waals surface area contributed by atoms with Crippen LogP contribution in [0, 0.1) is 12.8 Å². The summed E-state index contributed by atoms with van der Waals surface area (Å²) in [4.78, 5) is 12.0. The zero-order valence-electron chi connectivity index (χ0n) is 11.6. The quantitative estimate of drug-likeness (QED) is 0.845. The minimum atomic E-state index is -0.115. The van der Waals surface area contributed by atoms with Crippen molar-refractivity contribution in [1.29, 1.82) is 0 Å². The van der Waals surface area contributed by atoms with Gasteiger partial charge in [0, 0.05) is 12.1 Å². The number of esters is 1. The van der Waals surface area contributed by atoms with Gasteiger partial charge in [0.2, 0.25) is 0 Å². The van der Waals surface area contributed by atoms with Crippen molar-refractivity contribution in [2.24, 2.45) is 5.92 Å². The van der Waals surface area contributed by atoms with E-state index in [2.05, 4.69) is 5.32 Å². The lowest BCUT2D eigenvalue weighted by atomic mass is 10.00. The highest BCUT2D eigenvalue weighted by Crippen LogP contribution is 2.21. The number of benzene rings is 1. The molecule has 4 nitrogen and oxygen atoms in total. The van der Waals surface area contributed by atoms with E-state index in [9.17, 15) is 4.79 Å². The largest absolute Gasteiger partial charge is 0.496 e. The van der Waals surface area contributed by atoms with Crippen molar-refractivity contribution in [3.8, 4) is 5.75 Å². The lowest BCUT2D eigenvalue weighted by Crippen LogP contribution is -2.35. The van der Waals surface area contributed by atoms with Gasteiger partial charge in [0.05, 0.1) is 13.0 Å². The Kier molecular flexibility index (Phi) is 4.80. The van der Waals surface area contributed by atoms with E-state index in [1.807, 2.05) is 25.1 Å². The summed E-state index contributed by atoms with van der Waals surface area (Å²) in [6, 6.07) is 5.88. The second-order valence-electron chi connectivity index (χ2n) is 4.97. The summed E-state index contributed by atoms with van der Waals surface area (Å²) in [6.07, 6.45) is 1.95. The van der Waals surface area contributed by atoms with Crippen LogP contribution in [0.4, 0.5) is 0 Å². The van der Waals surface area contributed by atoms with Crippen LogP contribution >= 0.6 is 0 Å². The molecule has 1 aliphatic heterocycles. The zero-order chi connectivity index (χ0) is 13.7. The first-order valence-electron chi connectivity index (χ1n) is 6.71. The molecule has 4 heteroatoms. The normalized spacial score (nSPS) is 18.9. The summed E-state index contributed by atoms with van der Waals surface area (Å²) in [5, 5.41) is 3.22. The van der Waals surface area contributed by atoms with Crippen LogP contribution in [0.3, 0.4) is 0 Å². The maximum absolute atomic E-state index is 12.0. The maximum Gasteiger partial charge on any atom is 0.310 e. The second-order valence-corrected chi connectivity index (χ2v) is 4.97. The van der Waals surface area contributed by atoms with Gasteiger partial charge in [-0.2, -0.15) is 0 Å². The summed E-state index contributed by atoms with van der Waals surface area (Å²) >= 11 is 0. The molecule has 1 heterocycles. The Bertz CT molecular complexity index is 439. The smallest absolute Gasteiger partial charge is 0.310 e. The molecule has 0 radical (unpaired) electrons. The highest BCUT2D eigenvalue weighted by atomic mass is 16.5. The molecule has 0 aliphatic carbocycles. The third-order valence-electron chi connectivity index (χ3n) is 3.44. The number of rotatable bonds is 4. The van der Waals surface area contributed by atoms with Gasteiger partial charge >= 0.3 is 5.97 Å². The molecule has 0 saturated carbocycles. The van der Waals surface area contributed by atoms with Gasteiger partial charge in [0.25, 0.3) is 0 Å². The summed E-state index contributed by atoms with van der Waals surface area (Å²) in [5.74, 6) is 0.639. The Morgan fingerprint density at radius 3 is 3.00 bits per heavy atom. The van der Waals surface area contributed by atoms with E-state index in [0.29, 0.717) is 0 Å². The Hall–Kier alpha value is -1.55. The van der Waals surface area contributed by atoms with Crippen molar-refractivity contribution in [3.05, 3.63) is 29.3 Å². The molecule has 1 fully saturated rings. The molecule has 0 aromatic heterocycles. The molecule has 1 aliphatic rings. The Labute approximate surface area is 114 Å². The average Bonchev–Trinajstić information content (AvgIpc) is 2.46. The third-order valence-corrected chi connectivity index (χ3v) is 3.44. The number of carbonyl (C=O) groups excluding carboxylic acids is 1. The van der Waals surface area contributed by atoms with Gasteiger partial charge in [-0.3, -0.25) is 4.79 Å².